The lowest BCUT2D eigenvalue weighted by molar-refractivity contribution is 0.0744. The molecule has 4 nitrogen and oxygen atoms in total. The minimum atomic E-state index is -0.0367. The van der Waals surface area contributed by atoms with E-state index in [9.17, 15) is 4.79 Å². The third kappa shape index (κ3) is 3.71. The molecule has 0 bridgehead atoms. The molecule has 0 atom stereocenters. The van der Waals surface area contributed by atoms with Gasteiger partial charge in [-0.3, -0.25) is 4.79 Å². The van der Waals surface area contributed by atoms with Crippen molar-refractivity contribution in [2.45, 2.75) is 0 Å². The summed E-state index contributed by atoms with van der Waals surface area (Å²) < 4.78 is 10.8. The van der Waals surface area contributed by atoms with Crippen LogP contribution in [-0.2, 0) is 4.74 Å². The number of halogens is 1. The number of hydrogen-bond donors (Lipinski definition) is 0. The number of amides is 1. The van der Waals surface area contributed by atoms with Crippen molar-refractivity contribution in [1.82, 2.24) is 4.90 Å². The van der Waals surface area contributed by atoms with Gasteiger partial charge in [0.2, 0.25) is 0 Å². The van der Waals surface area contributed by atoms with Gasteiger partial charge in [0.15, 0.2) is 0 Å². The number of rotatable bonds is 5. The summed E-state index contributed by atoms with van der Waals surface area (Å²) >= 11 is 3.36. The first-order valence-corrected chi connectivity index (χ1v) is 5.97. The van der Waals surface area contributed by atoms with Crippen molar-refractivity contribution in [1.29, 1.82) is 0 Å². The Balaban J connectivity index is 2.78. The topological polar surface area (TPSA) is 38.8 Å². The highest BCUT2D eigenvalue weighted by Gasteiger charge is 2.12. The Labute approximate surface area is 110 Å². The fourth-order valence-electron chi connectivity index (χ4n) is 1.35. The molecule has 0 heterocycles. The number of methoxy groups -OCH3 is 2. The van der Waals surface area contributed by atoms with E-state index in [0.717, 1.165) is 4.47 Å². The van der Waals surface area contributed by atoms with Gasteiger partial charge in [-0.25, -0.2) is 0 Å². The number of nitrogens with zero attached hydrogens (tertiary/aromatic N) is 1. The Bertz CT molecular complexity index is 395. The Kier molecular flexibility index (Phi) is 5.44. The summed E-state index contributed by atoms with van der Waals surface area (Å²) in [6.45, 7) is 1.10. The molecule has 1 aromatic carbocycles. The number of carbonyl (C=O) groups excluding carboxylic acids is 1. The van der Waals surface area contributed by atoms with Crippen molar-refractivity contribution in [3.63, 3.8) is 0 Å². The van der Waals surface area contributed by atoms with Crippen LogP contribution in [-0.4, -0.2) is 45.2 Å². The first-order valence-electron chi connectivity index (χ1n) is 5.18. The van der Waals surface area contributed by atoms with Gasteiger partial charge in [-0.15, -0.1) is 0 Å². The van der Waals surface area contributed by atoms with E-state index in [0.29, 0.717) is 24.5 Å². The Morgan fingerprint density at radius 3 is 2.65 bits per heavy atom. The van der Waals surface area contributed by atoms with Crippen molar-refractivity contribution in [2.75, 3.05) is 34.4 Å². The molecule has 17 heavy (non-hydrogen) atoms. The first kappa shape index (κ1) is 14.0. The minimum Gasteiger partial charge on any atom is -0.496 e. The lowest BCUT2D eigenvalue weighted by Gasteiger charge is -2.17. The number of benzene rings is 1. The van der Waals surface area contributed by atoms with Crippen molar-refractivity contribution >= 4 is 21.8 Å². The summed E-state index contributed by atoms with van der Waals surface area (Å²) in [5, 5.41) is 0. The highest BCUT2D eigenvalue weighted by molar-refractivity contribution is 9.10. The number of likely N-dealkylation sites (N-methyl/N-ethyl adjacent to an activating group) is 1. The molecule has 0 N–H and O–H groups in total. The van der Waals surface area contributed by atoms with Crippen LogP contribution in [0.15, 0.2) is 22.7 Å². The summed E-state index contributed by atoms with van der Waals surface area (Å²) in [6.07, 6.45) is 0. The maximum atomic E-state index is 12.0. The van der Waals surface area contributed by atoms with Gasteiger partial charge in [-0.05, 0) is 34.1 Å². The molecule has 0 saturated carbocycles. The van der Waals surface area contributed by atoms with Crippen LogP contribution in [0.5, 0.6) is 5.75 Å². The summed E-state index contributed by atoms with van der Waals surface area (Å²) in [5.74, 6) is 0.673. The average molecular weight is 302 g/mol. The molecule has 5 heteroatoms. The van der Waals surface area contributed by atoms with Gasteiger partial charge in [0.05, 0.1) is 18.2 Å². The SMILES string of the molecule is COCCN(C)C(=O)c1ccc(OC)c(Br)c1. The van der Waals surface area contributed by atoms with Crippen molar-refractivity contribution in [2.24, 2.45) is 0 Å². The molecule has 0 fully saturated rings. The zero-order chi connectivity index (χ0) is 12.8. The van der Waals surface area contributed by atoms with Gasteiger partial charge in [0.1, 0.15) is 5.75 Å². The third-order valence-electron chi connectivity index (χ3n) is 2.38. The van der Waals surface area contributed by atoms with E-state index in [1.807, 2.05) is 0 Å². The van der Waals surface area contributed by atoms with Gasteiger partial charge in [-0.1, -0.05) is 0 Å². The fraction of sp³-hybridized carbons (Fsp3) is 0.417. The average Bonchev–Trinajstić information content (AvgIpc) is 2.34. The highest BCUT2D eigenvalue weighted by Crippen LogP contribution is 2.25. The molecule has 0 aliphatic heterocycles. The van der Waals surface area contributed by atoms with E-state index >= 15 is 0 Å². The van der Waals surface area contributed by atoms with Crippen molar-refractivity contribution in [3.8, 4) is 5.75 Å². The second-order valence-corrected chi connectivity index (χ2v) is 4.42. The molecule has 0 saturated heterocycles. The van der Waals surface area contributed by atoms with Crippen LogP contribution in [0.3, 0.4) is 0 Å². The standard InChI is InChI=1S/C12H16BrNO3/c1-14(6-7-16-2)12(15)9-4-5-11(17-3)10(13)8-9/h4-5,8H,6-7H2,1-3H3. The van der Waals surface area contributed by atoms with E-state index in [4.69, 9.17) is 9.47 Å². The first-order chi connectivity index (χ1) is 8.10. The van der Waals surface area contributed by atoms with Crippen LogP contribution in [0.1, 0.15) is 10.4 Å². The predicted octanol–water partition coefficient (Wildman–Crippen LogP) is 2.18. The second kappa shape index (κ2) is 6.61. The molecule has 0 radical (unpaired) electrons. The maximum absolute atomic E-state index is 12.0. The van der Waals surface area contributed by atoms with Crippen LogP contribution >= 0.6 is 15.9 Å². The van der Waals surface area contributed by atoms with Gasteiger partial charge in [0.25, 0.3) is 5.91 Å². The van der Waals surface area contributed by atoms with E-state index in [2.05, 4.69) is 15.9 Å². The monoisotopic (exact) mass is 301 g/mol. The van der Waals surface area contributed by atoms with Gasteiger partial charge < -0.3 is 14.4 Å². The lowest BCUT2D eigenvalue weighted by Crippen LogP contribution is -2.29. The van der Waals surface area contributed by atoms with Gasteiger partial charge in [0, 0.05) is 26.3 Å². The number of carbonyl (C=O) groups is 1. The van der Waals surface area contributed by atoms with Crippen LogP contribution < -0.4 is 4.74 Å². The zero-order valence-corrected chi connectivity index (χ0v) is 11.8. The normalized spacial score (nSPS) is 10.1. The van der Waals surface area contributed by atoms with E-state index in [-0.39, 0.29) is 5.91 Å². The summed E-state index contributed by atoms with van der Waals surface area (Å²) in [7, 11) is 4.95. The lowest BCUT2D eigenvalue weighted by atomic mass is 10.2. The van der Waals surface area contributed by atoms with Crippen LogP contribution in [0.4, 0.5) is 0 Å². The molecule has 1 aromatic rings. The Morgan fingerprint density at radius 2 is 2.12 bits per heavy atom. The summed E-state index contributed by atoms with van der Waals surface area (Å²) in [4.78, 5) is 13.6. The zero-order valence-electron chi connectivity index (χ0n) is 10.2. The largest absolute Gasteiger partial charge is 0.496 e. The number of ether oxygens (including phenoxy) is 2. The summed E-state index contributed by atoms with van der Waals surface area (Å²) in [5.41, 5.74) is 0.622. The smallest absolute Gasteiger partial charge is 0.253 e. The Hall–Kier alpha value is -1.07. The predicted molar refractivity (Wildman–Crippen MR) is 69.5 cm³/mol. The molecule has 0 aliphatic rings. The fourth-order valence-corrected chi connectivity index (χ4v) is 1.89. The van der Waals surface area contributed by atoms with Gasteiger partial charge >= 0.3 is 0 Å². The van der Waals surface area contributed by atoms with Crippen molar-refractivity contribution in [3.05, 3.63) is 28.2 Å². The molecule has 94 valence electrons. The number of hydrogen-bond acceptors (Lipinski definition) is 3. The quantitative estimate of drug-likeness (QED) is 0.837. The van der Waals surface area contributed by atoms with E-state index in [1.54, 1.807) is 44.4 Å². The van der Waals surface area contributed by atoms with Crippen LogP contribution in [0.25, 0.3) is 0 Å². The minimum absolute atomic E-state index is 0.0367. The van der Waals surface area contributed by atoms with Gasteiger partial charge in [-0.2, -0.15) is 0 Å². The van der Waals surface area contributed by atoms with Crippen LogP contribution in [0, 0.1) is 0 Å². The molecule has 0 aromatic heterocycles. The van der Waals surface area contributed by atoms with Crippen LogP contribution in [0.2, 0.25) is 0 Å². The molecule has 1 rings (SSSR count). The molecule has 1 amide bonds. The molecule has 0 spiro atoms. The van der Waals surface area contributed by atoms with E-state index in [1.165, 1.54) is 0 Å². The summed E-state index contributed by atoms with van der Waals surface area (Å²) in [6, 6.07) is 5.27. The maximum Gasteiger partial charge on any atom is 0.253 e. The molecular weight excluding hydrogens is 286 g/mol. The molecule has 0 aliphatic carbocycles. The molecule has 0 unspecified atom stereocenters. The molecular formula is C12H16BrNO3. The third-order valence-corrected chi connectivity index (χ3v) is 3.00. The van der Waals surface area contributed by atoms with Crippen molar-refractivity contribution < 1.29 is 14.3 Å². The Morgan fingerprint density at radius 1 is 1.41 bits per heavy atom. The second-order valence-electron chi connectivity index (χ2n) is 3.57. The van der Waals surface area contributed by atoms with E-state index < -0.39 is 0 Å². The highest BCUT2D eigenvalue weighted by atomic mass is 79.9.